The van der Waals surface area contributed by atoms with E-state index >= 15 is 0 Å². The molecule has 1 rings (SSSR count). The predicted octanol–water partition coefficient (Wildman–Crippen LogP) is -1.99. The van der Waals surface area contributed by atoms with Gasteiger partial charge in [0.05, 0.1) is 0 Å². The lowest BCUT2D eigenvalue weighted by Crippen LogP contribution is -3.00. The van der Waals surface area contributed by atoms with Crippen LogP contribution in [-0.4, -0.2) is 13.1 Å². The van der Waals surface area contributed by atoms with Gasteiger partial charge in [-0.15, -0.1) is 0 Å². The van der Waals surface area contributed by atoms with Gasteiger partial charge in [0.2, 0.25) is 0 Å². The molecule has 0 atom stereocenters. The molecule has 0 aromatic rings. The summed E-state index contributed by atoms with van der Waals surface area (Å²) in [6.45, 7) is 4.79. The van der Waals surface area contributed by atoms with E-state index in [1.165, 1.54) is 25.9 Å². The highest BCUT2D eigenvalue weighted by molar-refractivity contribution is 4.62. The first-order valence-electron chi connectivity index (χ1n) is 3.10. The second kappa shape index (κ2) is 4.16. The van der Waals surface area contributed by atoms with Gasteiger partial charge in [0, 0.05) is 0 Å². The van der Waals surface area contributed by atoms with Crippen LogP contribution in [-0.2, 0) is 0 Å². The minimum absolute atomic E-state index is 0. The highest BCUT2D eigenvalue weighted by Gasteiger charge is 2.04. The molecule has 0 bridgehead atoms. The smallest absolute Gasteiger partial charge is 0.00464 e. The molecule has 8 heavy (non-hydrogen) atoms. The number of piperidine rings is 1. The molecule has 1 fully saturated rings. The maximum atomic E-state index is 3.32. The van der Waals surface area contributed by atoms with E-state index in [0.717, 1.165) is 5.92 Å². The van der Waals surface area contributed by atoms with Gasteiger partial charge in [-0.3, -0.25) is 0 Å². The van der Waals surface area contributed by atoms with Gasteiger partial charge in [-0.1, -0.05) is 6.92 Å². The van der Waals surface area contributed by atoms with Crippen molar-refractivity contribution in [1.29, 1.82) is 0 Å². The maximum Gasteiger partial charge on any atom is -0.00464 e. The van der Waals surface area contributed by atoms with Gasteiger partial charge < -0.3 is 17.7 Å². The molecule has 1 heterocycles. The van der Waals surface area contributed by atoms with Crippen LogP contribution in [0.1, 0.15) is 19.8 Å². The molecule has 1 saturated heterocycles. The number of nitrogens with one attached hydrogen (secondary N) is 1. The van der Waals surface area contributed by atoms with E-state index < -0.39 is 0 Å². The second-order valence-corrected chi connectivity index (χ2v) is 2.43. The Balaban J connectivity index is 0.000000490. The molecule has 0 aromatic carbocycles. The van der Waals surface area contributed by atoms with Crippen LogP contribution in [0.5, 0.6) is 0 Å². The first-order valence-corrected chi connectivity index (χ1v) is 3.10. The molecule has 1 N–H and O–H groups in total. The van der Waals surface area contributed by atoms with Crippen molar-refractivity contribution in [3.05, 3.63) is 0 Å². The standard InChI is InChI=1S/C6H13N.ClH/c1-6-2-4-7-5-3-6;/h6-7H,2-5H2,1H3;1H/p-1. The Morgan fingerprint density at radius 1 is 1.25 bits per heavy atom. The van der Waals surface area contributed by atoms with Gasteiger partial charge in [0.1, 0.15) is 0 Å². The third-order valence-electron chi connectivity index (χ3n) is 1.63. The van der Waals surface area contributed by atoms with Gasteiger partial charge in [0.25, 0.3) is 0 Å². The van der Waals surface area contributed by atoms with E-state index in [0.29, 0.717) is 0 Å². The van der Waals surface area contributed by atoms with Crippen molar-refractivity contribution in [1.82, 2.24) is 5.32 Å². The van der Waals surface area contributed by atoms with Gasteiger partial charge in [-0.05, 0) is 31.8 Å². The van der Waals surface area contributed by atoms with Crippen molar-refractivity contribution < 1.29 is 12.4 Å². The maximum absolute atomic E-state index is 3.32. The lowest BCUT2D eigenvalue weighted by molar-refractivity contribution is -0.00000170. The number of rotatable bonds is 0. The van der Waals surface area contributed by atoms with E-state index in [1.807, 2.05) is 0 Å². The summed E-state index contributed by atoms with van der Waals surface area (Å²) in [7, 11) is 0. The summed E-state index contributed by atoms with van der Waals surface area (Å²) in [6, 6.07) is 0. The van der Waals surface area contributed by atoms with E-state index in [-0.39, 0.29) is 12.4 Å². The van der Waals surface area contributed by atoms with Crippen LogP contribution in [0.25, 0.3) is 0 Å². The molecule has 2 heteroatoms. The normalized spacial score (nSPS) is 22.1. The first-order chi connectivity index (χ1) is 3.39. The summed E-state index contributed by atoms with van der Waals surface area (Å²) in [6.07, 6.45) is 2.75. The van der Waals surface area contributed by atoms with Gasteiger partial charge in [-0.2, -0.15) is 0 Å². The van der Waals surface area contributed by atoms with Crippen LogP contribution in [0.15, 0.2) is 0 Å². The molecular weight excluding hydrogens is 122 g/mol. The second-order valence-electron chi connectivity index (χ2n) is 2.43. The number of halogens is 1. The van der Waals surface area contributed by atoms with Crippen LogP contribution < -0.4 is 17.7 Å². The molecule has 1 aliphatic rings. The predicted molar refractivity (Wildman–Crippen MR) is 31.3 cm³/mol. The fourth-order valence-electron chi connectivity index (χ4n) is 0.966. The zero-order chi connectivity index (χ0) is 5.11. The monoisotopic (exact) mass is 134 g/mol. The van der Waals surface area contributed by atoms with E-state index in [9.17, 15) is 0 Å². The molecular formula is C6H13ClN-. The zero-order valence-electron chi connectivity index (χ0n) is 5.28. The molecule has 0 aliphatic carbocycles. The quantitative estimate of drug-likeness (QED) is 0.405. The van der Waals surface area contributed by atoms with Crippen molar-refractivity contribution in [3.63, 3.8) is 0 Å². The Morgan fingerprint density at radius 2 is 1.75 bits per heavy atom. The molecule has 1 aliphatic heterocycles. The fourth-order valence-corrected chi connectivity index (χ4v) is 0.966. The van der Waals surface area contributed by atoms with Crippen LogP contribution in [0, 0.1) is 5.92 Å². The molecule has 0 amide bonds. The topological polar surface area (TPSA) is 12.0 Å². The van der Waals surface area contributed by atoms with E-state index in [2.05, 4.69) is 12.2 Å². The van der Waals surface area contributed by atoms with E-state index in [1.54, 1.807) is 0 Å². The molecule has 0 spiro atoms. The van der Waals surface area contributed by atoms with Crippen LogP contribution in [0.3, 0.4) is 0 Å². The zero-order valence-corrected chi connectivity index (χ0v) is 6.04. The molecule has 0 radical (unpaired) electrons. The van der Waals surface area contributed by atoms with Gasteiger partial charge in [0.15, 0.2) is 0 Å². The average Bonchev–Trinajstić information content (AvgIpc) is 1.69. The van der Waals surface area contributed by atoms with Crippen molar-refractivity contribution in [2.24, 2.45) is 5.92 Å². The number of hydrogen-bond donors (Lipinski definition) is 1. The summed E-state index contributed by atoms with van der Waals surface area (Å²) >= 11 is 0. The Kier molecular flexibility index (Phi) is 4.29. The van der Waals surface area contributed by atoms with Gasteiger partial charge in [-0.25, -0.2) is 0 Å². The molecule has 0 saturated carbocycles. The molecule has 50 valence electrons. The Hall–Kier alpha value is 0.250. The third-order valence-corrected chi connectivity index (χ3v) is 1.63. The molecule has 0 aromatic heterocycles. The van der Waals surface area contributed by atoms with Crippen molar-refractivity contribution in [3.8, 4) is 0 Å². The summed E-state index contributed by atoms with van der Waals surface area (Å²) in [4.78, 5) is 0. The largest absolute Gasteiger partial charge is 1.00 e. The SMILES string of the molecule is CC1CCNCC1.[Cl-]. The third kappa shape index (κ3) is 2.53. The van der Waals surface area contributed by atoms with Crippen molar-refractivity contribution >= 4 is 0 Å². The molecule has 0 unspecified atom stereocenters. The Morgan fingerprint density at radius 3 is 2.00 bits per heavy atom. The lowest BCUT2D eigenvalue weighted by Gasteiger charge is -2.17. The van der Waals surface area contributed by atoms with E-state index in [4.69, 9.17) is 0 Å². The minimum atomic E-state index is 0. The Labute approximate surface area is 57.3 Å². The van der Waals surface area contributed by atoms with Crippen molar-refractivity contribution in [2.45, 2.75) is 19.8 Å². The van der Waals surface area contributed by atoms with Crippen molar-refractivity contribution in [2.75, 3.05) is 13.1 Å². The summed E-state index contributed by atoms with van der Waals surface area (Å²) in [5.74, 6) is 0.973. The summed E-state index contributed by atoms with van der Waals surface area (Å²) in [5, 5.41) is 3.32. The summed E-state index contributed by atoms with van der Waals surface area (Å²) < 4.78 is 0. The fraction of sp³-hybridized carbons (Fsp3) is 1.00. The van der Waals surface area contributed by atoms with Crippen LogP contribution >= 0.6 is 0 Å². The van der Waals surface area contributed by atoms with Crippen LogP contribution in [0.4, 0.5) is 0 Å². The lowest BCUT2D eigenvalue weighted by atomic mass is 10.0. The van der Waals surface area contributed by atoms with Crippen LogP contribution in [0.2, 0.25) is 0 Å². The van der Waals surface area contributed by atoms with Gasteiger partial charge >= 0.3 is 0 Å². The highest BCUT2D eigenvalue weighted by Crippen LogP contribution is 2.08. The molecule has 1 nitrogen and oxygen atoms in total. The Bertz CT molecular complexity index is 50.5. The number of hydrogen-bond acceptors (Lipinski definition) is 1. The average molecular weight is 135 g/mol. The highest BCUT2D eigenvalue weighted by atomic mass is 35.5. The summed E-state index contributed by atoms with van der Waals surface area (Å²) in [5.41, 5.74) is 0. The first kappa shape index (κ1) is 8.25. The minimum Gasteiger partial charge on any atom is -1.00 e.